The van der Waals surface area contributed by atoms with Crippen LogP contribution in [0.2, 0.25) is 0 Å². The van der Waals surface area contributed by atoms with Crippen LogP contribution >= 0.6 is 0 Å². The molecule has 0 aromatic heterocycles. The molecule has 0 unspecified atom stereocenters. The number of carbonyl (C=O) groups excluding carboxylic acids is 3. The molecule has 2 aromatic carbocycles. The number of ether oxygens (including phenoxy) is 1. The molecular formula is C19H18N2O6. The van der Waals surface area contributed by atoms with Crippen molar-refractivity contribution in [3.63, 3.8) is 0 Å². The second-order valence-electron chi connectivity index (χ2n) is 5.88. The summed E-state index contributed by atoms with van der Waals surface area (Å²) in [5.74, 6) is -1.57. The zero-order valence-electron chi connectivity index (χ0n) is 15.0. The van der Waals surface area contributed by atoms with E-state index in [4.69, 9.17) is 4.74 Å². The van der Waals surface area contributed by atoms with Crippen LogP contribution in [-0.2, 0) is 9.53 Å². The SMILES string of the molecule is CC(=O)c1cccc(NC(=O)[C@H](C)OC(=O)c2cccc([N+](=O)[O-])c2C)c1. The van der Waals surface area contributed by atoms with Crippen LogP contribution in [0.5, 0.6) is 0 Å². The van der Waals surface area contributed by atoms with Crippen molar-refractivity contribution in [2.45, 2.75) is 26.9 Å². The molecule has 27 heavy (non-hydrogen) atoms. The molecule has 0 bridgehead atoms. The van der Waals surface area contributed by atoms with Gasteiger partial charge in [-0.05, 0) is 39.0 Å². The predicted molar refractivity (Wildman–Crippen MR) is 97.8 cm³/mol. The van der Waals surface area contributed by atoms with Crippen molar-refractivity contribution in [2.75, 3.05) is 5.32 Å². The third kappa shape index (κ3) is 4.75. The van der Waals surface area contributed by atoms with Gasteiger partial charge in [-0.1, -0.05) is 18.2 Å². The van der Waals surface area contributed by atoms with Crippen molar-refractivity contribution >= 4 is 29.0 Å². The fourth-order valence-corrected chi connectivity index (χ4v) is 2.38. The average Bonchev–Trinajstić information content (AvgIpc) is 2.61. The van der Waals surface area contributed by atoms with Crippen LogP contribution in [0.4, 0.5) is 11.4 Å². The summed E-state index contributed by atoms with van der Waals surface area (Å²) in [6.07, 6.45) is -1.14. The molecule has 1 N–H and O–H groups in total. The number of carbonyl (C=O) groups is 3. The molecule has 0 aliphatic heterocycles. The van der Waals surface area contributed by atoms with Gasteiger partial charge in [0, 0.05) is 22.9 Å². The van der Waals surface area contributed by atoms with Crippen LogP contribution in [-0.4, -0.2) is 28.7 Å². The summed E-state index contributed by atoms with van der Waals surface area (Å²) in [6, 6.07) is 10.4. The molecule has 0 aliphatic rings. The van der Waals surface area contributed by atoms with Gasteiger partial charge >= 0.3 is 5.97 Å². The maximum absolute atomic E-state index is 12.3. The predicted octanol–water partition coefficient (Wildman–Crippen LogP) is 3.29. The van der Waals surface area contributed by atoms with Gasteiger partial charge in [-0.25, -0.2) is 4.79 Å². The van der Waals surface area contributed by atoms with E-state index < -0.39 is 22.9 Å². The summed E-state index contributed by atoms with van der Waals surface area (Å²) in [4.78, 5) is 46.3. The van der Waals surface area contributed by atoms with Crippen molar-refractivity contribution < 1.29 is 24.0 Å². The van der Waals surface area contributed by atoms with Gasteiger partial charge in [0.2, 0.25) is 0 Å². The van der Waals surface area contributed by atoms with E-state index in [2.05, 4.69) is 5.32 Å². The Kier molecular flexibility index (Phi) is 6.02. The van der Waals surface area contributed by atoms with E-state index in [0.717, 1.165) is 0 Å². The minimum absolute atomic E-state index is 0.0161. The lowest BCUT2D eigenvalue weighted by molar-refractivity contribution is -0.385. The van der Waals surface area contributed by atoms with E-state index in [-0.39, 0.29) is 22.6 Å². The molecular weight excluding hydrogens is 352 g/mol. The maximum atomic E-state index is 12.3. The number of ketones is 1. The summed E-state index contributed by atoms with van der Waals surface area (Å²) in [5.41, 5.74) is 0.797. The van der Waals surface area contributed by atoms with E-state index in [1.165, 1.54) is 45.0 Å². The molecule has 0 heterocycles. The lowest BCUT2D eigenvalue weighted by atomic mass is 10.1. The first-order valence-corrected chi connectivity index (χ1v) is 8.07. The van der Waals surface area contributed by atoms with Gasteiger partial charge in [0.05, 0.1) is 10.5 Å². The number of anilines is 1. The average molecular weight is 370 g/mol. The molecule has 8 nitrogen and oxygen atoms in total. The standard InChI is InChI=1S/C19H18N2O6/c1-11-16(8-5-9-17(11)21(25)26)19(24)27-13(3)18(23)20-15-7-4-6-14(10-15)12(2)22/h4-10,13H,1-3H3,(H,20,23)/t13-/m0/s1. The Labute approximate surface area is 155 Å². The van der Waals surface area contributed by atoms with Gasteiger partial charge in [-0.3, -0.25) is 19.7 Å². The van der Waals surface area contributed by atoms with E-state index >= 15 is 0 Å². The Morgan fingerprint density at radius 3 is 2.44 bits per heavy atom. The quantitative estimate of drug-likeness (QED) is 0.361. The summed E-state index contributed by atoms with van der Waals surface area (Å²) in [6.45, 7) is 4.23. The first-order chi connectivity index (χ1) is 12.7. The summed E-state index contributed by atoms with van der Waals surface area (Å²) in [7, 11) is 0. The number of nitro benzene ring substituents is 1. The lowest BCUT2D eigenvalue weighted by Gasteiger charge is -2.14. The highest BCUT2D eigenvalue weighted by molar-refractivity contribution is 6.00. The molecule has 0 aliphatic carbocycles. The van der Waals surface area contributed by atoms with Crippen molar-refractivity contribution in [3.05, 3.63) is 69.3 Å². The van der Waals surface area contributed by atoms with Gasteiger partial charge in [0.1, 0.15) is 0 Å². The lowest BCUT2D eigenvalue weighted by Crippen LogP contribution is -2.30. The summed E-state index contributed by atoms with van der Waals surface area (Å²) < 4.78 is 5.12. The van der Waals surface area contributed by atoms with Crippen LogP contribution in [0.25, 0.3) is 0 Å². The number of hydrogen-bond donors (Lipinski definition) is 1. The summed E-state index contributed by atoms with van der Waals surface area (Å²) >= 11 is 0. The number of nitrogens with one attached hydrogen (secondary N) is 1. The normalized spacial score (nSPS) is 11.4. The molecule has 0 saturated carbocycles. The number of nitro groups is 1. The molecule has 0 fully saturated rings. The number of hydrogen-bond acceptors (Lipinski definition) is 6. The third-order valence-electron chi connectivity index (χ3n) is 3.91. The van der Waals surface area contributed by atoms with Gasteiger partial charge in [-0.2, -0.15) is 0 Å². The monoisotopic (exact) mass is 370 g/mol. The minimum atomic E-state index is -1.14. The van der Waals surface area contributed by atoms with Gasteiger partial charge in [0.25, 0.3) is 11.6 Å². The fraction of sp³-hybridized carbons (Fsp3) is 0.211. The van der Waals surface area contributed by atoms with E-state index in [1.807, 2.05) is 0 Å². The van der Waals surface area contributed by atoms with Crippen LogP contribution in [0, 0.1) is 17.0 Å². The molecule has 0 radical (unpaired) electrons. The Hall–Kier alpha value is -3.55. The topological polar surface area (TPSA) is 116 Å². The Morgan fingerprint density at radius 2 is 1.81 bits per heavy atom. The molecule has 1 amide bonds. The van der Waals surface area contributed by atoms with E-state index in [1.54, 1.807) is 18.2 Å². The van der Waals surface area contributed by atoms with Crippen molar-refractivity contribution in [1.29, 1.82) is 0 Å². The molecule has 8 heteroatoms. The number of nitrogens with zero attached hydrogens (tertiary/aromatic N) is 1. The molecule has 0 saturated heterocycles. The second kappa shape index (κ2) is 8.22. The second-order valence-corrected chi connectivity index (χ2v) is 5.88. The fourth-order valence-electron chi connectivity index (χ4n) is 2.38. The Morgan fingerprint density at radius 1 is 1.15 bits per heavy atom. The number of rotatable bonds is 6. The number of benzene rings is 2. The molecule has 140 valence electrons. The minimum Gasteiger partial charge on any atom is -0.449 e. The molecule has 0 spiro atoms. The smallest absolute Gasteiger partial charge is 0.339 e. The number of Topliss-reactive ketones (excluding diaryl/α,β-unsaturated/α-hetero) is 1. The highest BCUT2D eigenvalue weighted by Gasteiger charge is 2.23. The Bertz CT molecular complexity index is 922. The van der Waals surface area contributed by atoms with Crippen LogP contribution in [0.1, 0.15) is 40.1 Å². The van der Waals surface area contributed by atoms with E-state index in [9.17, 15) is 24.5 Å². The van der Waals surface area contributed by atoms with Crippen LogP contribution < -0.4 is 5.32 Å². The van der Waals surface area contributed by atoms with Crippen molar-refractivity contribution in [3.8, 4) is 0 Å². The number of esters is 1. The zero-order valence-corrected chi connectivity index (χ0v) is 15.0. The molecule has 2 rings (SSSR count). The molecule has 2 aromatic rings. The van der Waals surface area contributed by atoms with Crippen LogP contribution in [0.3, 0.4) is 0 Å². The Balaban J connectivity index is 2.09. The van der Waals surface area contributed by atoms with Gasteiger partial charge < -0.3 is 10.1 Å². The highest BCUT2D eigenvalue weighted by atomic mass is 16.6. The van der Waals surface area contributed by atoms with Gasteiger partial charge in [0.15, 0.2) is 11.9 Å². The summed E-state index contributed by atoms with van der Waals surface area (Å²) in [5, 5.41) is 13.5. The van der Waals surface area contributed by atoms with Crippen molar-refractivity contribution in [2.24, 2.45) is 0 Å². The van der Waals surface area contributed by atoms with Crippen LogP contribution in [0.15, 0.2) is 42.5 Å². The first-order valence-electron chi connectivity index (χ1n) is 8.07. The largest absolute Gasteiger partial charge is 0.449 e. The third-order valence-corrected chi connectivity index (χ3v) is 3.91. The first kappa shape index (κ1) is 19.8. The highest BCUT2D eigenvalue weighted by Crippen LogP contribution is 2.22. The maximum Gasteiger partial charge on any atom is 0.339 e. The van der Waals surface area contributed by atoms with Gasteiger partial charge in [-0.15, -0.1) is 0 Å². The van der Waals surface area contributed by atoms with E-state index in [0.29, 0.717) is 11.3 Å². The van der Waals surface area contributed by atoms with Crippen molar-refractivity contribution in [1.82, 2.24) is 0 Å². The molecule has 1 atom stereocenters. The number of amides is 1. The zero-order chi connectivity index (χ0) is 20.1.